The molecule has 0 spiro atoms. The highest BCUT2D eigenvalue weighted by molar-refractivity contribution is 6.43. The van der Waals surface area contributed by atoms with Crippen molar-refractivity contribution >= 4 is 80.8 Å². The van der Waals surface area contributed by atoms with Crippen LogP contribution in [0.5, 0.6) is 0 Å². The first-order valence-corrected chi connectivity index (χ1v) is 9.43. The van der Waals surface area contributed by atoms with Crippen molar-refractivity contribution in [3.05, 3.63) is 64.6 Å². The number of amidine groups is 2. The predicted molar refractivity (Wildman–Crippen MR) is 121 cm³/mol. The monoisotopic (exact) mass is 508 g/mol. The molecule has 0 unspecified atom stereocenters. The molecule has 164 valence electrons. The van der Waals surface area contributed by atoms with Crippen LogP contribution in [0.1, 0.15) is 6.42 Å². The summed E-state index contributed by atoms with van der Waals surface area (Å²) >= 11 is 23.3. The molecule has 0 amide bonds. The summed E-state index contributed by atoms with van der Waals surface area (Å²) in [5.41, 5.74) is 15.4. The van der Waals surface area contributed by atoms with E-state index < -0.39 is 9.85 Å². The van der Waals surface area contributed by atoms with Gasteiger partial charge in [-0.15, -0.1) is 0 Å². The van der Waals surface area contributed by atoms with Crippen LogP contribution in [0.3, 0.4) is 0 Å². The molecule has 0 atom stereocenters. The fraction of sp³-hybridized carbons (Fsp3) is 0.0667. The largest absolute Gasteiger partial charge is 0.385 e. The lowest BCUT2D eigenvalue weighted by atomic mass is 10.3. The molecule has 6 N–H and O–H groups in total. The average Bonchev–Trinajstić information content (AvgIpc) is 2.68. The van der Waals surface area contributed by atoms with E-state index in [9.17, 15) is 20.2 Å². The number of nitrogens with zero attached hydrogens (tertiary/aromatic N) is 4. The van der Waals surface area contributed by atoms with Crippen molar-refractivity contribution in [1.29, 1.82) is 0 Å². The molecule has 16 heteroatoms. The first-order valence-electron chi connectivity index (χ1n) is 7.92. The van der Waals surface area contributed by atoms with Gasteiger partial charge in [-0.1, -0.05) is 46.4 Å². The number of nitrogens with two attached hydrogens (primary N) is 2. The van der Waals surface area contributed by atoms with Crippen molar-refractivity contribution in [1.82, 2.24) is 0 Å². The molecule has 2 rings (SSSR count). The minimum Gasteiger partial charge on any atom is -0.385 e. The summed E-state index contributed by atoms with van der Waals surface area (Å²) < 4.78 is 0. The number of hydrogen-bond donors (Lipinski definition) is 4. The Labute approximate surface area is 194 Å². The van der Waals surface area contributed by atoms with Gasteiger partial charge in [-0.05, 0) is 12.1 Å². The summed E-state index contributed by atoms with van der Waals surface area (Å²) in [6.07, 6.45) is -0.190. The number of hydrogen-bond acceptors (Lipinski definition) is 8. The van der Waals surface area contributed by atoms with Crippen LogP contribution >= 0.6 is 46.4 Å². The highest BCUT2D eigenvalue weighted by Gasteiger charge is 2.18. The second-order valence-electron chi connectivity index (χ2n) is 5.69. The van der Waals surface area contributed by atoms with E-state index in [-0.39, 0.29) is 60.9 Å². The van der Waals surface area contributed by atoms with Gasteiger partial charge in [-0.3, -0.25) is 31.1 Å². The molecule has 0 saturated carbocycles. The summed E-state index contributed by atoms with van der Waals surface area (Å²) in [7, 11) is 0. The standard InChI is InChI=1S/C15H12Cl4N8O4/c16-6-1-10(12(26(28)29)3-8(6)18)22-24-14(20)5-15(21)25-23-11-2-7(17)9(19)4-13(11)27(30)31/h1-4,22-23H,5H2,(H2,20,24)(H2,21,25). The Morgan fingerprint density at radius 2 is 1.10 bits per heavy atom. The molecule has 0 radical (unpaired) electrons. The maximum absolute atomic E-state index is 11.1. The number of halogens is 4. The van der Waals surface area contributed by atoms with E-state index in [4.69, 9.17) is 57.9 Å². The second kappa shape index (κ2) is 10.3. The lowest BCUT2D eigenvalue weighted by Crippen LogP contribution is -2.24. The zero-order valence-electron chi connectivity index (χ0n) is 15.1. The van der Waals surface area contributed by atoms with E-state index in [0.29, 0.717) is 0 Å². The smallest absolute Gasteiger partial charge is 0.295 e. The normalized spacial score (nSPS) is 11.9. The first kappa shape index (κ1) is 24.2. The Hall–Kier alpha value is -3.06. The van der Waals surface area contributed by atoms with Crippen molar-refractivity contribution in [3.63, 3.8) is 0 Å². The van der Waals surface area contributed by atoms with Gasteiger partial charge in [0.15, 0.2) is 0 Å². The summed E-state index contributed by atoms with van der Waals surface area (Å²) in [5.74, 6) is -0.209. The van der Waals surface area contributed by atoms with Crippen molar-refractivity contribution < 1.29 is 9.85 Å². The van der Waals surface area contributed by atoms with Gasteiger partial charge in [-0.25, -0.2) is 0 Å². The second-order valence-corrected chi connectivity index (χ2v) is 7.32. The average molecular weight is 510 g/mol. The number of hydrazone groups is 2. The van der Waals surface area contributed by atoms with Gasteiger partial charge in [0.2, 0.25) is 0 Å². The van der Waals surface area contributed by atoms with Crippen LogP contribution < -0.4 is 22.3 Å². The third-order valence-electron chi connectivity index (χ3n) is 3.47. The van der Waals surface area contributed by atoms with E-state index >= 15 is 0 Å². The molecule has 0 aliphatic rings. The predicted octanol–water partition coefficient (Wildman–Crippen LogP) is 4.58. The van der Waals surface area contributed by atoms with E-state index in [1.807, 2.05) is 0 Å². The van der Waals surface area contributed by atoms with Gasteiger partial charge in [0, 0.05) is 12.1 Å². The lowest BCUT2D eigenvalue weighted by molar-refractivity contribution is -0.384. The van der Waals surface area contributed by atoms with Gasteiger partial charge in [0.1, 0.15) is 23.0 Å². The van der Waals surface area contributed by atoms with Crippen molar-refractivity contribution in [2.45, 2.75) is 6.42 Å². The molecular weight excluding hydrogens is 498 g/mol. The highest BCUT2D eigenvalue weighted by Crippen LogP contribution is 2.35. The van der Waals surface area contributed by atoms with Gasteiger partial charge in [-0.2, -0.15) is 10.2 Å². The van der Waals surface area contributed by atoms with Crippen LogP contribution in [0, 0.1) is 20.2 Å². The molecule has 0 heterocycles. The van der Waals surface area contributed by atoms with Crippen LogP contribution in [0.25, 0.3) is 0 Å². The van der Waals surface area contributed by atoms with E-state index in [1.165, 1.54) is 12.1 Å². The first-order chi connectivity index (χ1) is 14.5. The molecule has 0 saturated heterocycles. The molecule has 0 aromatic heterocycles. The van der Waals surface area contributed by atoms with Crippen molar-refractivity contribution in [2.24, 2.45) is 21.7 Å². The number of rotatable bonds is 8. The Morgan fingerprint density at radius 1 is 0.774 bits per heavy atom. The van der Waals surface area contributed by atoms with Gasteiger partial charge in [0.05, 0.1) is 36.4 Å². The molecule has 12 nitrogen and oxygen atoms in total. The number of nitro groups is 2. The summed E-state index contributed by atoms with van der Waals surface area (Å²) in [5, 5.41) is 29.9. The van der Waals surface area contributed by atoms with Crippen LogP contribution in [-0.2, 0) is 0 Å². The minimum absolute atomic E-state index is 0.00489. The molecule has 0 aliphatic heterocycles. The molecule has 2 aromatic rings. The van der Waals surface area contributed by atoms with Crippen LogP contribution in [-0.4, -0.2) is 21.5 Å². The zero-order valence-corrected chi connectivity index (χ0v) is 18.1. The summed E-state index contributed by atoms with van der Waals surface area (Å²) in [4.78, 5) is 20.9. The zero-order chi connectivity index (χ0) is 23.3. The topological polar surface area (TPSA) is 187 Å². The molecule has 2 aromatic carbocycles. The molecule has 0 bridgehead atoms. The number of nitrogens with one attached hydrogen (secondary N) is 2. The fourth-order valence-corrected chi connectivity index (χ4v) is 2.73. The third-order valence-corrected chi connectivity index (χ3v) is 4.92. The number of benzene rings is 2. The summed E-state index contributed by atoms with van der Waals surface area (Å²) in [6.45, 7) is 0. The van der Waals surface area contributed by atoms with E-state index in [2.05, 4.69) is 21.1 Å². The maximum Gasteiger partial charge on any atom is 0.295 e. The molecule has 31 heavy (non-hydrogen) atoms. The Bertz CT molecular complexity index is 1020. The summed E-state index contributed by atoms with van der Waals surface area (Å²) in [6, 6.07) is 4.53. The van der Waals surface area contributed by atoms with E-state index in [1.54, 1.807) is 0 Å². The van der Waals surface area contributed by atoms with Gasteiger partial charge in [0.25, 0.3) is 11.4 Å². The van der Waals surface area contributed by atoms with Gasteiger partial charge >= 0.3 is 0 Å². The van der Waals surface area contributed by atoms with Crippen molar-refractivity contribution in [3.8, 4) is 0 Å². The van der Waals surface area contributed by atoms with Crippen LogP contribution in [0.4, 0.5) is 22.7 Å². The third kappa shape index (κ3) is 6.46. The lowest BCUT2D eigenvalue weighted by Gasteiger charge is -2.07. The molecular formula is C15H12Cl4N8O4. The Balaban J connectivity index is 2.14. The number of nitro benzene ring substituents is 2. The van der Waals surface area contributed by atoms with Crippen LogP contribution in [0.2, 0.25) is 20.1 Å². The Morgan fingerprint density at radius 3 is 1.42 bits per heavy atom. The minimum atomic E-state index is -0.680. The quantitative estimate of drug-likeness (QED) is 0.172. The van der Waals surface area contributed by atoms with Crippen LogP contribution in [0.15, 0.2) is 34.5 Å². The Kier molecular flexibility index (Phi) is 8.05. The van der Waals surface area contributed by atoms with E-state index in [0.717, 1.165) is 12.1 Å². The SMILES string of the molecule is N/C(C/C(N)=N/Nc1cc(Cl)c(Cl)cc1[N+](=O)[O-])=N\Nc1cc(Cl)c(Cl)cc1[N+](=O)[O-]. The van der Waals surface area contributed by atoms with Crippen molar-refractivity contribution in [2.75, 3.05) is 10.9 Å². The number of anilines is 2. The maximum atomic E-state index is 11.1. The van der Waals surface area contributed by atoms with Gasteiger partial charge < -0.3 is 11.5 Å². The molecule has 0 fully saturated rings. The highest BCUT2D eigenvalue weighted by atomic mass is 35.5. The molecule has 0 aliphatic carbocycles. The fourth-order valence-electron chi connectivity index (χ4n) is 2.08.